The highest BCUT2D eigenvalue weighted by Crippen LogP contribution is 2.36. The van der Waals surface area contributed by atoms with E-state index in [1.807, 2.05) is 18.2 Å². The van der Waals surface area contributed by atoms with E-state index in [1.165, 1.54) is 5.56 Å². The van der Waals surface area contributed by atoms with Gasteiger partial charge in [0.2, 0.25) is 5.88 Å². The van der Waals surface area contributed by atoms with Crippen molar-refractivity contribution in [3.05, 3.63) is 53.1 Å². The maximum Gasteiger partial charge on any atom is 0.275 e. The minimum absolute atomic E-state index is 0.116. The van der Waals surface area contributed by atoms with Crippen molar-refractivity contribution in [2.24, 2.45) is 7.05 Å². The Balaban J connectivity index is 1.35. The molecule has 1 fully saturated rings. The number of aryl methyl sites for hydroxylation is 1. The predicted molar refractivity (Wildman–Crippen MR) is 120 cm³/mol. The lowest BCUT2D eigenvalue weighted by Gasteiger charge is -2.14. The SMILES string of the molecule is COCc1cc(C(=O)Nc2cc([C@H]3CC[C@@H](Oc4cc(C(C)C)ccn4)C3)[nH]n2)n(C)n1. The number of hydrogen-bond donors (Lipinski definition) is 2. The minimum Gasteiger partial charge on any atom is -0.474 e. The fourth-order valence-electron chi connectivity index (χ4n) is 4.10. The molecule has 1 amide bonds. The van der Waals surface area contributed by atoms with Gasteiger partial charge in [-0.05, 0) is 42.9 Å². The van der Waals surface area contributed by atoms with E-state index in [2.05, 4.69) is 39.4 Å². The largest absolute Gasteiger partial charge is 0.474 e. The highest BCUT2D eigenvalue weighted by atomic mass is 16.5. The molecule has 9 heteroatoms. The third-order valence-corrected chi connectivity index (χ3v) is 5.83. The molecule has 0 spiro atoms. The van der Waals surface area contributed by atoms with Crippen molar-refractivity contribution >= 4 is 11.7 Å². The Morgan fingerprint density at radius 2 is 2.16 bits per heavy atom. The first-order valence-electron chi connectivity index (χ1n) is 10.9. The van der Waals surface area contributed by atoms with Crippen LogP contribution in [0.4, 0.5) is 5.82 Å². The number of rotatable bonds is 8. The Morgan fingerprint density at radius 1 is 1.31 bits per heavy atom. The number of carbonyl (C=O) groups is 1. The number of carbonyl (C=O) groups excluding carboxylic acids is 1. The lowest BCUT2D eigenvalue weighted by Crippen LogP contribution is -2.16. The number of aromatic amines is 1. The molecule has 0 saturated heterocycles. The van der Waals surface area contributed by atoms with Crippen molar-refractivity contribution < 1.29 is 14.3 Å². The van der Waals surface area contributed by atoms with Crippen molar-refractivity contribution in [2.45, 2.75) is 57.7 Å². The summed E-state index contributed by atoms with van der Waals surface area (Å²) >= 11 is 0. The molecule has 1 aliphatic carbocycles. The van der Waals surface area contributed by atoms with Crippen molar-refractivity contribution in [1.82, 2.24) is 25.0 Å². The van der Waals surface area contributed by atoms with Crippen LogP contribution in [-0.4, -0.2) is 44.1 Å². The van der Waals surface area contributed by atoms with Gasteiger partial charge in [0.05, 0.1) is 12.3 Å². The van der Waals surface area contributed by atoms with Gasteiger partial charge in [-0.2, -0.15) is 10.2 Å². The second kappa shape index (κ2) is 9.52. The van der Waals surface area contributed by atoms with Gasteiger partial charge in [0.25, 0.3) is 5.91 Å². The van der Waals surface area contributed by atoms with Crippen molar-refractivity contribution in [3.63, 3.8) is 0 Å². The molecule has 0 radical (unpaired) electrons. The number of H-pyrrole nitrogens is 1. The van der Waals surface area contributed by atoms with Gasteiger partial charge in [-0.3, -0.25) is 14.6 Å². The van der Waals surface area contributed by atoms with E-state index in [0.29, 0.717) is 41.5 Å². The summed E-state index contributed by atoms with van der Waals surface area (Å²) in [5.41, 5.74) is 3.38. The third kappa shape index (κ3) is 4.99. The van der Waals surface area contributed by atoms with Crippen LogP contribution in [0.1, 0.15) is 72.4 Å². The zero-order valence-corrected chi connectivity index (χ0v) is 19.0. The van der Waals surface area contributed by atoms with E-state index in [1.54, 1.807) is 31.1 Å². The molecule has 3 heterocycles. The molecule has 4 rings (SSSR count). The molecule has 2 N–H and O–H groups in total. The van der Waals surface area contributed by atoms with Gasteiger partial charge in [-0.1, -0.05) is 13.8 Å². The van der Waals surface area contributed by atoms with Crippen LogP contribution in [0.25, 0.3) is 0 Å². The maximum atomic E-state index is 12.6. The smallest absolute Gasteiger partial charge is 0.275 e. The summed E-state index contributed by atoms with van der Waals surface area (Å²) in [6.07, 6.45) is 4.75. The van der Waals surface area contributed by atoms with Gasteiger partial charge in [0.1, 0.15) is 11.8 Å². The van der Waals surface area contributed by atoms with Crippen LogP contribution in [0.15, 0.2) is 30.5 Å². The summed E-state index contributed by atoms with van der Waals surface area (Å²) in [5, 5.41) is 14.5. The first-order chi connectivity index (χ1) is 15.4. The average molecular weight is 439 g/mol. The second-order valence-electron chi connectivity index (χ2n) is 8.57. The van der Waals surface area contributed by atoms with Gasteiger partial charge < -0.3 is 14.8 Å². The number of hydrogen-bond acceptors (Lipinski definition) is 6. The second-order valence-corrected chi connectivity index (χ2v) is 8.57. The Bertz CT molecular complexity index is 1070. The van der Waals surface area contributed by atoms with Crippen LogP contribution in [0.2, 0.25) is 0 Å². The van der Waals surface area contributed by atoms with Crippen LogP contribution in [-0.2, 0) is 18.4 Å². The van der Waals surface area contributed by atoms with E-state index >= 15 is 0 Å². The maximum absolute atomic E-state index is 12.6. The number of methoxy groups -OCH3 is 1. The first-order valence-corrected chi connectivity index (χ1v) is 10.9. The van der Waals surface area contributed by atoms with Gasteiger partial charge >= 0.3 is 0 Å². The van der Waals surface area contributed by atoms with E-state index in [4.69, 9.17) is 9.47 Å². The van der Waals surface area contributed by atoms with Crippen LogP contribution >= 0.6 is 0 Å². The standard InChI is InChI=1S/C23H30N6O3/c1-14(2)15-7-8-24-22(10-15)32-18-6-5-16(9-18)19-12-21(27-26-19)25-23(30)20-11-17(13-31-4)28-29(20)3/h7-8,10-12,14,16,18H,5-6,9,13H2,1-4H3,(H2,25,26,27,30)/t16-,18+/m0/s1. The van der Waals surface area contributed by atoms with E-state index in [9.17, 15) is 4.79 Å². The predicted octanol–water partition coefficient (Wildman–Crippen LogP) is 3.78. The number of amides is 1. The van der Waals surface area contributed by atoms with E-state index in [-0.39, 0.29) is 12.0 Å². The monoisotopic (exact) mass is 438 g/mol. The number of ether oxygens (including phenoxy) is 2. The number of anilines is 1. The fourth-order valence-corrected chi connectivity index (χ4v) is 4.10. The Hall–Kier alpha value is -3.20. The van der Waals surface area contributed by atoms with Gasteiger partial charge in [-0.25, -0.2) is 4.98 Å². The quantitative estimate of drug-likeness (QED) is 0.554. The van der Waals surface area contributed by atoms with Gasteiger partial charge in [-0.15, -0.1) is 0 Å². The molecule has 9 nitrogen and oxygen atoms in total. The molecule has 0 unspecified atom stereocenters. The summed E-state index contributed by atoms with van der Waals surface area (Å²) in [6, 6.07) is 7.67. The lowest BCUT2D eigenvalue weighted by molar-refractivity contribution is 0.101. The Labute approximate surface area is 187 Å². The van der Waals surface area contributed by atoms with Crippen molar-refractivity contribution in [1.29, 1.82) is 0 Å². The topological polar surface area (TPSA) is 107 Å². The Morgan fingerprint density at radius 3 is 2.94 bits per heavy atom. The van der Waals surface area contributed by atoms with E-state index < -0.39 is 0 Å². The zero-order valence-electron chi connectivity index (χ0n) is 19.0. The van der Waals surface area contributed by atoms with E-state index in [0.717, 1.165) is 25.0 Å². The average Bonchev–Trinajstić information content (AvgIpc) is 3.49. The normalized spacial score (nSPS) is 18.3. The molecule has 3 aromatic rings. The molecule has 0 bridgehead atoms. The molecular formula is C23H30N6O3. The third-order valence-electron chi connectivity index (χ3n) is 5.83. The number of pyridine rings is 1. The van der Waals surface area contributed by atoms with Crippen LogP contribution in [0, 0.1) is 0 Å². The first kappa shape index (κ1) is 22.0. The molecular weight excluding hydrogens is 408 g/mol. The molecule has 170 valence electrons. The zero-order chi connectivity index (χ0) is 22.7. The summed E-state index contributed by atoms with van der Waals surface area (Å²) in [5.74, 6) is 1.66. The molecule has 2 atom stereocenters. The van der Waals surface area contributed by atoms with Crippen molar-refractivity contribution in [2.75, 3.05) is 12.4 Å². The number of aromatic nitrogens is 5. The highest BCUT2D eigenvalue weighted by molar-refractivity contribution is 6.02. The van der Waals surface area contributed by atoms with Gasteiger partial charge in [0, 0.05) is 44.1 Å². The molecule has 1 saturated carbocycles. The van der Waals surface area contributed by atoms with Crippen LogP contribution < -0.4 is 10.1 Å². The summed E-state index contributed by atoms with van der Waals surface area (Å²) in [6.45, 7) is 4.67. The molecule has 0 aliphatic heterocycles. The summed E-state index contributed by atoms with van der Waals surface area (Å²) in [4.78, 5) is 17.0. The fraction of sp³-hybridized carbons (Fsp3) is 0.478. The Kier molecular flexibility index (Phi) is 6.55. The highest BCUT2D eigenvalue weighted by Gasteiger charge is 2.29. The summed E-state index contributed by atoms with van der Waals surface area (Å²) in [7, 11) is 3.33. The number of nitrogens with zero attached hydrogens (tertiary/aromatic N) is 4. The molecule has 0 aromatic carbocycles. The summed E-state index contributed by atoms with van der Waals surface area (Å²) < 4.78 is 12.8. The van der Waals surface area contributed by atoms with Crippen LogP contribution in [0.5, 0.6) is 5.88 Å². The lowest BCUT2D eigenvalue weighted by atomic mass is 10.0. The number of nitrogens with one attached hydrogen (secondary N) is 2. The van der Waals surface area contributed by atoms with Crippen LogP contribution in [0.3, 0.4) is 0 Å². The molecule has 32 heavy (non-hydrogen) atoms. The van der Waals surface area contributed by atoms with Gasteiger partial charge in [0.15, 0.2) is 5.82 Å². The van der Waals surface area contributed by atoms with Crippen molar-refractivity contribution in [3.8, 4) is 5.88 Å². The minimum atomic E-state index is -0.260. The molecule has 1 aliphatic rings. The molecule has 3 aromatic heterocycles.